The molecule has 1 amide bonds. The van der Waals surface area contributed by atoms with E-state index in [1.807, 2.05) is 60.7 Å². The van der Waals surface area contributed by atoms with Crippen LogP contribution in [0.3, 0.4) is 0 Å². The highest BCUT2D eigenvalue weighted by Gasteiger charge is 2.27. The Morgan fingerprint density at radius 1 is 0.879 bits per heavy atom. The van der Waals surface area contributed by atoms with E-state index < -0.39 is 23.5 Å². The van der Waals surface area contributed by atoms with E-state index >= 15 is 0 Å². The van der Waals surface area contributed by atoms with Crippen molar-refractivity contribution in [3.63, 3.8) is 0 Å². The highest BCUT2D eigenvalue weighted by molar-refractivity contribution is 6.07. The maximum absolute atomic E-state index is 13.4. The lowest BCUT2D eigenvalue weighted by atomic mass is 9.97. The summed E-state index contributed by atoms with van der Waals surface area (Å²) in [5, 5.41) is 3.69. The predicted molar refractivity (Wildman–Crippen MR) is 126 cm³/mol. The van der Waals surface area contributed by atoms with Crippen LogP contribution < -0.4 is 10.9 Å². The topological polar surface area (TPSA) is 85.6 Å². The Hall–Kier alpha value is -4.19. The SMILES string of the molecule is CCOC(=O)[C@@H](Cc1ccccc1)NC(=O)c1oc(=O)c2ccccc2c1-c1ccccc1. The highest BCUT2D eigenvalue weighted by Crippen LogP contribution is 2.30. The fourth-order valence-electron chi connectivity index (χ4n) is 3.76. The van der Waals surface area contributed by atoms with Crippen LogP contribution in [0.4, 0.5) is 0 Å². The van der Waals surface area contributed by atoms with Gasteiger partial charge in [-0.25, -0.2) is 9.59 Å². The Bertz CT molecular complexity index is 1330. The standard InChI is InChI=1S/C27H23NO5/c1-2-32-27(31)22(17-18-11-5-3-6-12-18)28-25(29)24-23(19-13-7-4-8-14-19)20-15-9-10-16-21(20)26(30)33-24/h3-16,22H,2,17H2,1H3,(H,28,29)/t22-/m1/s1. The minimum absolute atomic E-state index is 0.146. The molecule has 0 saturated heterocycles. The average molecular weight is 441 g/mol. The van der Waals surface area contributed by atoms with Crippen LogP contribution in [0.5, 0.6) is 0 Å². The molecule has 6 heteroatoms. The zero-order valence-corrected chi connectivity index (χ0v) is 18.1. The molecule has 0 spiro atoms. The van der Waals surface area contributed by atoms with Crippen LogP contribution in [0, 0.1) is 0 Å². The van der Waals surface area contributed by atoms with Crippen LogP contribution in [0.15, 0.2) is 94.1 Å². The van der Waals surface area contributed by atoms with Gasteiger partial charge in [0.25, 0.3) is 5.91 Å². The molecule has 0 unspecified atom stereocenters. The Balaban J connectivity index is 1.78. The summed E-state index contributed by atoms with van der Waals surface area (Å²) in [6.45, 7) is 1.88. The molecule has 0 aliphatic carbocycles. The van der Waals surface area contributed by atoms with Crippen LogP contribution in [-0.4, -0.2) is 24.5 Å². The number of ether oxygens (including phenoxy) is 1. The van der Waals surface area contributed by atoms with Gasteiger partial charge in [-0.1, -0.05) is 78.9 Å². The molecule has 1 N–H and O–H groups in total. The number of fused-ring (bicyclic) bond motifs is 1. The molecule has 0 bridgehead atoms. The number of carbonyl (C=O) groups excluding carboxylic acids is 2. The maximum Gasteiger partial charge on any atom is 0.344 e. The Labute approximate surface area is 190 Å². The van der Waals surface area contributed by atoms with Crippen molar-refractivity contribution in [2.75, 3.05) is 6.61 Å². The third kappa shape index (κ3) is 4.85. The number of nitrogens with one attached hydrogen (secondary N) is 1. The van der Waals surface area contributed by atoms with Crippen molar-refractivity contribution in [1.29, 1.82) is 0 Å². The van der Waals surface area contributed by atoms with Crippen LogP contribution >= 0.6 is 0 Å². The van der Waals surface area contributed by atoms with Gasteiger partial charge in [-0.3, -0.25) is 4.79 Å². The predicted octanol–water partition coefficient (Wildman–Crippen LogP) is 4.36. The zero-order valence-electron chi connectivity index (χ0n) is 18.1. The van der Waals surface area contributed by atoms with Gasteiger partial charge in [-0.05, 0) is 24.1 Å². The largest absolute Gasteiger partial charge is 0.464 e. The van der Waals surface area contributed by atoms with Gasteiger partial charge < -0.3 is 14.5 Å². The lowest BCUT2D eigenvalue weighted by Crippen LogP contribution is -2.43. The Morgan fingerprint density at radius 3 is 2.15 bits per heavy atom. The summed E-state index contributed by atoms with van der Waals surface area (Å²) in [6.07, 6.45) is 0.240. The van der Waals surface area contributed by atoms with Crippen molar-refractivity contribution in [1.82, 2.24) is 5.32 Å². The summed E-state index contributed by atoms with van der Waals surface area (Å²) in [5.74, 6) is -1.36. The minimum atomic E-state index is -0.944. The summed E-state index contributed by atoms with van der Waals surface area (Å²) < 4.78 is 10.7. The molecule has 4 aromatic rings. The van der Waals surface area contributed by atoms with Crippen LogP contribution in [0.2, 0.25) is 0 Å². The molecule has 166 valence electrons. The number of benzene rings is 3. The summed E-state index contributed by atoms with van der Waals surface area (Å²) >= 11 is 0. The van der Waals surface area contributed by atoms with Gasteiger partial charge in [0.15, 0.2) is 0 Å². The van der Waals surface area contributed by atoms with E-state index in [0.717, 1.165) is 11.1 Å². The zero-order chi connectivity index (χ0) is 23.2. The molecule has 33 heavy (non-hydrogen) atoms. The summed E-state index contributed by atoms with van der Waals surface area (Å²) in [6, 6.07) is 24.6. The summed E-state index contributed by atoms with van der Waals surface area (Å²) in [4.78, 5) is 38.7. The van der Waals surface area contributed by atoms with E-state index in [0.29, 0.717) is 16.3 Å². The van der Waals surface area contributed by atoms with Crippen molar-refractivity contribution in [3.05, 3.63) is 107 Å². The third-order valence-corrected chi connectivity index (χ3v) is 5.27. The van der Waals surface area contributed by atoms with Crippen molar-refractivity contribution >= 4 is 22.6 Å². The molecule has 0 fully saturated rings. The van der Waals surface area contributed by atoms with Gasteiger partial charge in [0.05, 0.1) is 12.0 Å². The molecule has 0 aliphatic heterocycles. The second kappa shape index (κ2) is 9.96. The molecule has 1 aromatic heterocycles. The van der Waals surface area contributed by atoms with Crippen molar-refractivity contribution in [3.8, 4) is 11.1 Å². The number of amides is 1. The average Bonchev–Trinajstić information content (AvgIpc) is 2.85. The first-order chi connectivity index (χ1) is 16.1. The fourth-order valence-corrected chi connectivity index (χ4v) is 3.76. The molecule has 1 atom stereocenters. The lowest BCUT2D eigenvalue weighted by molar-refractivity contribution is -0.145. The van der Waals surface area contributed by atoms with Crippen molar-refractivity contribution in [2.45, 2.75) is 19.4 Å². The van der Waals surface area contributed by atoms with E-state index in [1.54, 1.807) is 31.2 Å². The first kappa shape index (κ1) is 22.0. The van der Waals surface area contributed by atoms with Gasteiger partial charge in [-0.2, -0.15) is 0 Å². The molecule has 3 aromatic carbocycles. The van der Waals surface area contributed by atoms with E-state index in [2.05, 4.69) is 5.32 Å². The van der Waals surface area contributed by atoms with E-state index in [-0.39, 0.29) is 18.8 Å². The molecular formula is C27H23NO5. The van der Waals surface area contributed by atoms with Gasteiger partial charge in [-0.15, -0.1) is 0 Å². The Morgan fingerprint density at radius 2 is 1.48 bits per heavy atom. The van der Waals surface area contributed by atoms with Gasteiger partial charge in [0.1, 0.15) is 6.04 Å². The minimum Gasteiger partial charge on any atom is -0.464 e. The fraction of sp³-hybridized carbons (Fsp3) is 0.148. The molecule has 6 nitrogen and oxygen atoms in total. The van der Waals surface area contributed by atoms with Crippen molar-refractivity contribution in [2.24, 2.45) is 0 Å². The van der Waals surface area contributed by atoms with Crippen LogP contribution in [0.1, 0.15) is 23.0 Å². The molecule has 0 saturated carbocycles. The first-order valence-corrected chi connectivity index (χ1v) is 10.7. The second-order valence-corrected chi connectivity index (χ2v) is 7.47. The van der Waals surface area contributed by atoms with Gasteiger partial charge in [0, 0.05) is 17.4 Å². The van der Waals surface area contributed by atoms with E-state index in [4.69, 9.17) is 9.15 Å². The molecule has 0 radical (unpaired) electrons. The Kier molecular flexibility index (Phi) is 6.64. The quantitative estimate of drug-likeness (QED) is 0.431. The summed E-state index contributed by atoms with van der Waals surface area (Å²) in [7, 11) is 0. The van der Waals surface area contributed by atoms with Gasteiger partial charge >= 0.3 is 11.6 Å². The maximum atomic E-state index is 13.4. The van der Waals surface area contributed by atoms with Crippen LogP contribution in [0.25, 0.3) is 21.9 Å². The molecule has 1 heterocycles. The lowest BCUT2D eigenvalue weighted by Gasteiger charge is -2.18. The number of hydrogen-bond acceptors (Lipinski definition) is 5. The number of esters is 1. The number of rotatable bonds is 7. The van der Waals surface area contributed by atoms with E-state index in [9.17, 15) is 14.4 Å². The monoisotopic (exact) mass is 441 g/mol. The van der Waals surface area contributed by atoms with E-state index in [1.165, 1.54) is 0 Å². The highest BCUT2D eigenvalue weighted by atomic mass is 16.5. The number of carbonyl (C=O) groups is 2. The van der Waals surface area contributed by atoms with Crippen LogP contribution in [-0.2, 0) is 16.0 Å². The molecular weight excluding hydrogens is 418 g/mol. The molecule has 4 rings (SSSR count). The number of hydrogen-bond donors (Lipinski definition) is 1. The molecule has 0 aliphatic rings. The summed E-state index contributed by atoms with van der Waals surface area (Å²) in [5.41, 5.74) is 1.45. The van der Waals surface area contributed by atoms with Crippen molar-refractivity contribution < 1.29 is 18.7 Å². The first-order valence-electron chi connectivity index (χ1n) is 10.7. The third-order valence-electron chi connectivity index (χ3n) is 5.27. The van der Waals surface area contributed by atoms with Gasteiger partial charge in [0.2, 0.25) is 5.76 Å². The smallest absolute Gasteiger partial charge is 0.344 e. The second-order valence-electron chi connectivity index (χ2n) is 7.47. The normalized spacial score (nSPS) is 11.7.